The van der Waals surface area contributed by atoms with Gasteiger partial charge >= 0.3 is 0 Å². The zero-order valence-corrected chi connectivity index (χ0v) is 12.1. The van der Waals surface area contributed by atoms with Gasteiger partial charge in [0.15, 0.2) is 5.82 Å². The topological polar surface area (TPSA) is 69.6 Å². The molecule has 0 fully saturated rings. The molecule has 1 aromatic carbocycles. The summed E-state index contributed by atoms with van der Waals surface area (Å²) in [7, 11) is 0. The number of nitrogen functional groups attached to an aromatic ring is 1. The summed E-state index contributed by atoms with van der Waals surface area (Å²) < 4.78 is 1.84. The highest BCUT2D eigenvalue weighted by molar-refractivity contribution is 6.33. The second kappa shape index (κ2) is 5.57. The maximum absolute atomic E-state index is 6.04. The Labute approximate surface area is 117 Å². The van der Waals surface area contributed by atoms with Crippen LogP contribution in [0.2, 0.25) is 5.02 Å². The molecule has 102 valence electrons. The van der Waals surface area contributed by atoms with E-state index in [0.717, 1.165) is 17.8 Å². The van der Waals surface area contributed by atoms with Gasteiger partial charge in [0.2, 0.25) is 0 Å². The third-order valence-electron chi connectivity index (χ3n) is 2.98. The van der Waals surface area contributed by atoms with E-state index < -0.39 is 0 Å². The molecule has 5 nitrogen and oxygen atoms in total. The Bertz CT molecular complexity index is 564. The molecule has 0 aliphatic rings. The van der Waals surface area contributed by atoms with Crippen LogP contribution in [0.3, 0.4) is 0 Å². The minimum absolute atomic E-state index is 0.237. The highest BCUT2D eigenvalue weighted by Gasteiger charge is 2.16. The number of tetrazole rings is 1. The third kappa shape index (κ3) is 3.04. The van der Waals surface area contributed by atoms with Gasteiger partial charge in [0.25, 0.3) is 0 Å². The van der Waals surface area contributed by atoms with Gasteiger partial charge in [-0.05, 0) is 47.9 Å². The van der Waals surface area contributed by atoms with E-state index in [4.69, 9.17) is 17.3 Å². The molecule has 2 rings (SSSR count). The second-order valence-electron chi connectivity index (χ2n) is 5.16. The quantitative estimate of drug-likeness (QED) is 0.873. The van der Waals surface area contributed by atoms with Gasteiger partial charge in [0.05, 0.1) is 16.8 Å². The van der Waals surface area contributed by atoms with Crippen LogP contribution in [-0.4, -0.2) is 20.2 Å². The Morgan fingerprint density at radius 1 is 1.32 bits per heavy atom. The average Bonchev–Trinajstić information content (AvgIpc) is 2.81. The molecule has 0 spiro atoms. The van der Waals surface area contributed by atoms with Gasteiger partial charge < -0.3 is 5.73 Å². The van der Waals surface area contributed by atoms with Gasteiger partial charge in [-0.25, -0.2) is 4.68 Å². The fourth-order valence-corrected chi connectivity index (χ4v) is 2.31. The van der Waals surface area contributed by atoms with Gasteiger partial charge in [-0.3, -0.25) is 0 Å². The summed E-state index contributed by atoms with van der Waals surface area (Å²) in [6, 6.07) is 5.68. The van der Waals surface area contributed by atoms with Gasteiger partial charge in [0, 0.05) is 5.56 Å². The molecule has 0 saturated carbocycles. The normalized spacial score (nSPS) is 12.9. The maximum atomic E-state index is 6.04. The van der Waals surface area contributed by atoms with Crippen LogP contribution in [0.4, 0.5) is 5.69 Å². The Kier molecular flexibility index (Phi) is 4.04. The van der Waals surface area contributed by atoms with E-state index in [1.165, 1.54) is 0 Å². The smallest absolute Gasteiger partial charge is 0.182 e. The molecule has 1 unspecified atom stereocenters. The first-order valence-electron chi connectivity index (χ1n) is 6.32. The number of anilines is 1. The number of hydrogen-bond donors (Lipinski definition) is 1. The van der Waals surface area contributed by atoms with Crippen molar-refractivity contribution in [2.75, 3.05) is 5.73 Å². The SMILES string of the molecule is CC(C)CC(C)n1nnnc1-c1ccc(N)c(Cl)c1. The number of halogens is 1. The molecule has 1 atom stereocenters. The first kappa shape index (κ1) is 13.8. The Morgan fingerprint density at radius 2 is 2.05 bits per heavy atom. The zero-order chi connectivity index (χ0) is 14.0. The highest BCUT2D eigenvalue weighted by atomic mass is 35.5. The fourth-order valence-electron chi connectivity index (χ4n) is 2.13. The summed E-state index contributed by atoms with van der Waals surface area (Å²) >= 11 is 6.04. The maximum Gasteiger partial charge on any atom is 0.182 e. The van der Waals surface area contributed by atoms with Gasteiger partial charge in [0.1, 0.15) is 0 Å². The van der Waals surface area contributed by atoms with E-state index in [1.807, 2.05) is 10.7 Å². The largest absolute Gasteiger partial charge is 0.398 e. The number of rotatable bonds is 4. The molecular formula is C13H18ClN5. The minimum atomic E-state index is 0.237. The zero-order valence-electron chi connectivity index (χ0n) is 11.3. The lowest BCUT2D eigenvalue weighted by Gasteiger charge is -2.15. The van der Waals surface area contributed by atoms with Crippen molar-refractivity contribution in [1.29, 1.82) is 0 Å². The van der Waals surface area contributed by atoms with E-state index in [1.54, 1.807) is 12.1 Å². The van der Waals surface area contributed by atoms with Crippen molar-refractivity contribution in [2.24, 2.45) is 5.92 Å². The van der Waals surface area contributed by atoms with E-state index in [2.05, 4.69) is 36.3 Å². The van der Waals surface area contributed by atoms with Crippen molar-refractivity contribution in [3.63, 3.8) is 0 Å². The average molecular weight is 280 g/mol. The van der Waals surface area contributed by atoms with Crippen molar-refractivity contribution < 1.29 is 0 Å². The molecule has 2 aromatic rings. The molecule has 0 saturated heterocycles. The van der Waals surface area contributed by atoms with Gasteiger partial charge in [-0.1, -0.05) is 25.4 Å². The fraction of sp³-hybridized carbons (Fsp3) is 0.462. The van der Waals surface area contributed by atoms with Crippen LogP contribution in [0.1, 0.15) is 33.2 Å². The van der Waals surface area contributed by atoms with E-state index in [-0.39, 0.29) is 6.04 Å². The van der Waals surface area contributed by atoms with Crippen molar-refractivity contribution in [3.05, 3.63) is 23.2 Å². The third-order valence-corrected chi connectivity index (χ3v) is 3.31. The standard InChI is InChI=1S/C13H18ClN5/c1-8(2)6-9(3)19-13(16-17-18-19)10-4-5-12(15)11(14)7-10/h4-5,7-9H,6,15H2,1-3H3. The second-order valence-corrected chi connectivity index (χ2v) is 5.57. The lowest BCUT2D eigenvalue weighted by molar-refractivity contribution is 0.394. The molecule has 0 aliphatic carbocycles. The predicted molar refractivity (Wildman–Crippen MR) is 76.8 cm³/mol. The number of nitrogens with two attached hydrogens (primary N) is 1. The molecule has 0 amide bonds. The van der Waals surface area contributed by atoms with Crippen LogP contribution in [0.25, 0.3) is 11.4 Å². The number of hydrogen-bond acceptors (Lipinski definition) is 4. The molecule has 19 heavy (non-hydrogen) atoms. The molecule has 0 aliphatic heterocycles. The molecule has 1 heterocycles. The van der Waals surface area contributed by atoms with Gasteiger partial charge in [-0.2, -0.15) is 0 Å². The molecule has 0 radical (unpaired) electrons. The molecule has 6 heteroatoms. The van der Waals surface area contributed by atoms with Crippen molar-refractivity contribution >= 4 is 17.3 Å². The number of aromatic nitrogens is 4. The Morgan fingerprint density at radius 3 is 2.68 bits per heavy atom. The monoisotopic (exact) mass is 279 g/mol. The van der Waals surface area contributed by atoms with Crippen molar-refractivity contribution in [1.82, 2.24) is 20.2 Å². The molecule has 2 N–H and O–H groups in total. The van der Waals surface area contributed by atoms with Crippen LogP contribution in [-0.2, 0) is 0 Å². The first-order chi connectivity index (χ1) is 8.99. The summed E-state index contributed by atoms with van der Waals surface area (Å²) in [6.45, 7) is 6.47. The number of benzene rings is 1. The lowest BCUT2D eigenvalue weighted by atomic mass is 10.1. The summed E-state index contributed by atoms with van der Waals surface area (Å²) in [6.07, 6.45) is 1.01. The Balaban J connectivity index is 2.35. The highest BCUT2D eigenvalue weighted by Crippen LogP contribution is 2.27. The van der Waals surface area contributed by atoms with Crippen LogP contribution < -0.4 is 5.73 Å². The van der Waals surface area contributed by atoms with Crippen LogP contribution in [0.15, 0.2) is 18.2 Å². The van der Waals surface area contributed by atoms with Crippen molar-refractivity contribution in [3.8, 4) is 11.4 Å². The molecular weight excluding hydrogens is 262 g/mol. The van der Waals surface area contributed by atoms with E-state index in [0.29, 0.717) is 16.6 Å². The first-order valence-corrected chi connectivity index (χ1v) is 6.70. The number of nitrogens with zero attached hydrogens (tertiary/aromatic N) is 4. The summed E-state index contributed by atoms with van der Waals surface area (Å²) in [5, 5.41) is 12.5. The van der Waals surface area contributed by atoms with Crippen LogP contribution in [0, 0.1) is 5.92 Å². The van der Waals surface area contributed by atoms with Gasteiger partial charge in [-0.15, -0.1) is 5.10 Å². The predicted octanol–water partition coefficient (Wildman–Crippen LogP) is 3.18. The van der Waals surface area contributed by atoms with Crippen LogP contribution >= 0.6 is 11.6 Å². The van der Waals surface area contributed by atoms with E-state index >= 15 is 0 Å². The Hall–Kier alpha value is -1.62. The van der Waals surface area contributed by atoms with E-state index in [9.17, 15) is 0 Å². The minimum Gasteiger partial charge on any atom is -0.398 e. The lowest BCUT2D eigenvalue weighted by Crippen LogP contribution is -2.11. The summed E-state index contributed by atoms with van der Waals surface area (Å²) in [5.74, 6) is 1.30. The summed E-state index contributed by atoms with van der Waals surface area (Å²) in [4.78, 5) is 0. The van der Waals surface area contributed by atoms with Crippen LogP contribution in [0.5, 0.6) is 0 Å². The molecule has 0 bridgehead atoms. The molecule has 1 aromatic heterocycles. The summed E-state index contributed by atoms with van der Waals surface area (Å²) in [5.41, 5.74) is 7.15. The van der Waals surface area contributed by atoms with Crippen molar-refractivity contribution in [2.45, 2.75) is 33.2 Å².